The van der Waals surface area contributed by atoms with Crippen LogP contribution in [-0.4, -0.2) is 37.0 Å². The van der Waals surface area contributed by atoms with Crippen LogP contribution in [0, 0.1) is 17.5 Å². The van der Waals surface area contributed by atoms with Gasteiger partial charge in [-0.2, -0.15) is 0 Å². The van der Waals surface area contributed by atoms with Crippen molar-refractivity contribution in [2.75, 3.05) is 6.54 Å². The SMILES string of the molecule is O=C1c2c(nc(CCc3ccc(F)cc3)c(-c3noc(=O)[nH]3)c2-c2ccc3c(ccn3Cc3ccc(F)c(F)c3)c2)C2CCCN12. The summed E-state index contributed by atoms with van der Waals surface area (Å²) in [7, 11) is 0. The molecule has 1 N–H and O–H groups in total. The fourth-order valence-corrected chi connectivity index (χ4v) is 6.85. The van der Waals surface area contributed by atoms with E-state index in [9.17, 15) is 22.8 Å². The Kier molecular flexibility index (Phi) is 6.63. The van der Waals surface area contributed by atoms with E-state index in [1.165, 1.54) is 18.2 Å². The highest BCUT2D eigenvalue weighted by molar-refractivity contribution is 6.09. The molecule has 6 aromatic rings. The molecule has 11 heteroatoms. The number of halogens is 3. The summed E-state index contributed by atoms with van der Waals surface area (Å²) in [6, 6.07) is 17.7. The fraction of sp³-hybridized carbons (Fsp3) is 0.200. The Hall–Kier alpha value is -5.45. The number of aromatic amines is 1. The Morgan fingerprint density at radius 2 is 1.70 bits per heavy atom. The largest absolute Gasteiger partial charge is 0.439 e. The van der Waals surface area contributed by atoms with Crippen LogP contribution in [0.5, 0.6) is 0 Å². The van der Waals surface area contributed by atoms with Crippen molar-refractivity contribution in [1.82, 2.24) is 24.6 Å². The molecule has 230 valence electrons. The maximum absolute atomic E-state index is 14.0. The van der Waals surface area contributed by atoms with Gasteiger partial charge in [0.1, 0.15) is 5.82 Å². The van der Waals surface area contributed by atoms with Crippen LogP contribution in [0.4, 0.5) is 13.2 Å². The minimum atomic E-state index is -0.901. The van der Waals surface area contributed by atoms with Crippen LogP contribution in [0.2, 0.25) is 0 Å². The van der Waals surface area contributed by atoms with Gasteiger partial charge in [0, 0.05) is 35.8 Å². The number of benzene rings is 3. The third kappa shape index (κ3) is 4.70. The topological polar surface area (TPSA) is 97.0 Å². The number of aryl methyl sites for hydroxylation is 2. The lowest BCUT2D eigenvalue weighted by molar-refractivity contribution is 0.0776. The summed E-state index contributed by atoms with van der Waals surface area (Å²) in [6.45, 7) is 0.963. The number of H-pyrrole nitrogens is 1. The zero-order valence-corrected chi connectivity index (χ0v) is 24.4. The molecule has 1 unspecified atom stereocenters. The number of carbonyl (C=O) groups is 1. The molecule has 0 aliphatic carbocycles. The van der Waals surface area contributed by atoms with Crippen molar-refractivity contribution < 1.29 is 22.5 Å². The molecule has 0 radical (unpaired) electrons. The first-order valence-electron chi connectivity index (χ1n) is 15.1. The Bertz CT molecular complexity index is 2220. The average Bonchev–Trinajstić information content (AvgIpc) is 3.85. The molecular formula is C35H26F3N5O3. The molecule has 0 spiro atoms. The van der Waals surface area contributed by atoms with Crippen LogP contribution < -0.4 is 5.76 Å². The maximum atomic E-state index is 14.0. The van der Waals surface area contributed by atoms with Crippen LogP contribution in [0.1, 0.15) is 51.8 Å². The summed E-state index contributed by atoms with van der Waals surface area (Å²) in [5, 5.41) is 4.89. The molecule has 1 atom stereocenters. The highest BCUT2D eigenvalue weighted by atomic mass is 19.2. The zero-order chi connectivity index (χ0) is 31.5. The molecule has 8 nitrogen and oxygen atoms in total. The van der Waals surface area contributed by atoms with Gasteiger partial charge in [0.15, 0.2) is 17.5 Å². The molecule has 2 aliphatic rings. The van der Waals surface area contributed by atoms with Crippen molar-refractivity contribution in [3.8, 4) is 22.5 Å². The van der Waals surface area contributed by atoms with E-state index in [1.54, 1.807) is 18.2 Å². The Morgan fingerprint density at radius 1 is 0.870 bits per heavy atom. The quantitative estimate of drug-likeness (QED) is 0.217. The van der Waals surface area contributed by atoms with Gasteiger partial charge in [0.05, 0.1) is 28.6 Å². The van der Waals surface area contributed by atoms with Gasteiger partial charge < -0.3 is 9.47 Å². The summed E-state index contributed by atoms with van der Waals surface area (Å²) in [5.41, 5.74) is 6.05. The highest BCUT2D eigenvalue weighted by Gasteiger charge is 2.44. The molecule has 3 aromatic carbocycles. The number of hydrogen-bond acceptors (Lipinski definition) is 5. The van der Waals surface area contributed by atoms with Crippen LogP contribution in [0.15, 0.2) is 82.2 Å². The van der Waals surface area contributed by atoms with Crippen LogP contribution in [-0.2, 0) is 19.4 Å². The Balaban J connectivity index is 1.29. The second kappa shape index (κ2) is 10.9. The van der Waals surface area contributed by atoms with Crippen LogP contribution >= 0.6 is 0 Å². The number of nitrogens with zero attached hydrogens (tertiary/aromatic N) is 4. The minimum Gasteiger partial charge on any atom is -0.343 e. The van der Waals surface area contributed by atoms with E-state index < -0.39 is 17.4 Å². The molecule has 0 saturated carbocycles. The highest BCUT2D eigenvalue weighted by Crippen LogP contribution is 2.47. The van der Waals surface area contributed by atoms with E-state index in [4.69, 9.17) is 9.51 Å². The van der Waals surface area contributed by atoms with E-state index in [1.807, 2.05) is 39.9 Å². The fourth-order valence-electron chi connectivity index (χ4n) is 6.85. The number of rotatable bonds is 7. The third-order valence-corrected chi connectivity index (χ3v) is 8.98. The van der Waals surface area contributed by atoms with Gasteiger partial charge >= 0.3 is 5.76 Å². The van der Waals surface area contributed by atoms with Gasteiger partial charge in [0.2, 0.25) is 0 Å². The minimum absolute atomic E-state index is 0.117. The second-order valence-corrected chi connectivity index (χ2v) is 11.8. The van der Waals surface area contributed by atoms with E-state index in [2.05, 4.69) is 10.1 Å². The van der Waals surface area contributed by atoms with Gasteiger partial charge in [-0.1, -0.05) is 29.4 Å². The molecular weight excluding hydrogens is 595 g/mol. The first-order chi connectivity index (χ1) is 22.3. The Morgan fingerprint density at radius 3 is 2.48 bits per heavy atom. The standard InChI is InChI=1S/C35H26F3N5O3/c36-23-8-3-19(4-9-23)6-11-26-30(33-40-35(45)46-41-33)29(31-32(39-26)28-2-1-14-43(28)34(31)44)22-7-12-27-21(17-22)13-15-42(27)18-20-5-10-24(37)25(38)16-20/h3-5,7-10,12-13,15-17,28H,1-2,6,11,14,18H2,(H,40,41,45). The maximum Gasteiger partial charge on any atom is 0.439 e. The number of aromatic nitrogens is 4. The molecule has 5 heterocycles. The van der Waals surface area contributed by atoms with Crippen molar-refractivity contribution in [1.29, 1.82) is 0 Å². The van der Waals surface area contributed by atoms with Crippen molar-refractivity contribution in [3.05, 3.63) is 129 Å². The normalized spacial score (nSPS) is 15.6. The Labute approximate surface area is 260 Å². The first-order valence-corrected chi connectivity index (χ1v) is 15.1. The van der Waals surface area contributed by atoms with Crippen molar-refractivity contribution in [2.45, 2.75) is 38.3 Å². The lowest BCUT2D eigenvalue weighted by atomic mass is 9.89. The molecule has 0 bridgehead atoms. The summed E-state index contributed by atoms with van der Waals surface area (Å²) in [6.07, 6.45) is 4.53. The van der Waals surface area contributed by atoms with Gasteiger partial charge in [-0.05, 0) is 84.8 Å². The number of fused-ring (bicyclic) bond motifs is 4. The predicted octanol–water partition coefficient (Wildman–Crippen LogP) is 6.59. The molecule has 46 heavy (non-hydrogen) atoms. The van der Waals surface area contributed by atoms with E-state index in [0.717, 1.165) is 40.9 Å². The van der Waals surface area contributed by atoms with Gasteiger partial charge in [-0.15, -0.1) is 0 Å². The molecule has 1 amide bonds. The summed E-state index contributed by atoms with van der Waals surface area (Å²) in [5.74, 6) is -2.80. The lowest BCUT2D eigenvalue weighted by Crippen LogP contribution is -2.23. The van der Waals surface area contributed by atoms with Crippen molar-refractivity contribution in [2.24, 2.45) is 0 Å². The van der Waals surface area contributed by atoms with Crippen molar-refractivity contribution in [3.63, 3.8) is 0 Å². The van der Waals surface area contributed by atoms with Crippen molar-refractivity contribution >= 4 is 16.8 Å². The number of pyridine rings is 1. The molecule has 3 aromatic heterocycles. The second-order valence-electron chi connectivity index (χ2n) is 11.8. The molecule has 1 fully saturated rings. The summed E-state index contributed by atoms with van der Waals surface area (Å²) in [4.78, 5) is 35.8. The van der Waals surface area contributed by atoms with E-state index >= 15 is 0 Å². The van der Waals surface area contributed by atoms with Gasteiger partial charge in [-0.3, -0.25) is 19.3 Å². The molecule has 8 rings (SSSR count). The van der Waals surface area contributed by atoms with Crippen LogP contribution in [0.3, 0.4) is 0 Å². The van der Waals surface area contributed by atoms with Gasteiger partial charge in [0.25, 0.3) is 5.91 Å². The number of carbonyl (C=O) groups excluding carboxylic acids is 1. The predicted molar refractivity (Wildman–Crippen MR) is 164 cm³/mol. The van der Waals surface area contributed by atoms with Crippen LogP contribution in [0.25, 0.3) is 33.4 Å². The summed E-state index contributed by atoms with van der Waals surface area (Å²) < 4.78 is 47.9. The van der Waals surface area contributed by atoms with Gasteiger partial charge in [-0.25, -0.2) is 18.0 Å². The molecule has 2 aliphatic heterocycles. The average molecular weight is 622 g/mol. The number of hydrogen-bond donors (Lipinski definition) is 1. The third-order valence-electron chi connectivity index (χ3n) is 8.98. The zero-order valence-electron chi connectivity index (χ0n) is 24.4. The van der Waals surface area contributed by atoms with E-state index in [-0.39, 0.29) is 23.6 Å². The van der Waals surface area contributed by atoms with E-state index in [0.29, 0.717) is 59.6 Å². The number of amides is 1. The monoisotopic (exact) mass is 621 g/mol. The molecule has 1 saturated heterocycles. The lowest BCUT2D eigenvalue weighted by Gasteiger charge is -2.18. The number of nitrogens with one attached hydrogen (secondary N) is 1. The summed E-state index contributed by atoms with van der Waals surface area (Å²) >= 11 is 0. The smallest absolute Gasteiger partial charge is 0.343 e. The first kappa shape index (κ1) is 28.1.